The quantitative estimate of drug-likeness (QED) is 0.539. The van der Waals surface area contributed by atoms with E-state index in [1.54, 1.807) is 0 Å². The molecule has 0 fully saturated rings. The maximum Gasteiger partial charge on any atom is 0.416 e. The van der Waals surface area contributed by atoms with Gasteiger partial charge in [-0.3, -0.25) is 9.69 Å². The molecule has 0 aromatic heterocycles. The number of Topliss-reactive ketones (excluding diaryl/α,β-unsaturated/α-hetero) is 1. The molecule has 1 unspecified atom stereocenters. The van der Waals surface area contributed by atoms with Crippen LogP contribution < -0.4 is 4.90 Å². The molecule has 9 nitrogen and oxygen atoms in total. The van der Waals surface area contributed by atoms with Gasteiger partial charge in [-0.1, -0.05) is 18.2 Å². The van der Waals surface area contributed by atoms with Crippen LogP contribution in [0.2, 0.25) is 0 Å². The lowest BCUT2D eigenvalue weighted by Gasteiger charge is -2.42. The number of rotatable bonds is 5. The van der Waals surface area contributed by atoms with E-state index in [0.717, 1.165) is 39.2 Å². The highest BCUT2D eigenvalue weighted by atomic mass is 32.2. The van der Waals surface area contributed by atoms with Gasteiger partial charge >= 0.3 is 18.2 Å². The van der Waals surface area contributed by atoms with Crippen LogP contribution in [0.15, 0.2) is 59.8 Å². The molecule has 0 N–H and O–H groups in total. The number of carbonyl (C=O) groups is 3. The molecule has 2 aromatic carbocycles. The van der Waals surface area contributed by atoms with Gasteiger partial charge in [-0.25, -0.2) is 22.9 Å². The van der Waals surface area contributed by atoms with Gasteiger partial charge in [0.05, 0.1) is 34.7 Å². The Bertz CT molecular complexity index is 1530. The van der Waals surface area contributed by atoms with E-state index in [9.17, 15) is 41.2 Å². The molecule has 4 amide bonds. The molecule has 1 heterocycles. The standard InChI is InChI=1S/C26H23F3N4O5S/c1-31(12-13-39(2,37)38)24(35)33-23(17-8-6-16(15-30)7-9-17)22-20(10-11-21(22)34)32(25(33)36)19-5-3-4-18(14-19)26(27,28)29/h3-9,14,23H,10-13H2,1-2H3. The first kappa shape index (κ1) is 27.8. The fourth-order valence-corrected chi connectivity index (χ4v) is 5.19. The summed E-state index contributed by atoms with van der Waals surface area (Å²) in [6, 6.07) is 8.69. The lowest BCUT2D eigenvalue weighted by atomic mass is 9.92. The number of urea groups is 2. The summed E-state index contributed by atoms with van der Waals surface area (Å²) in [4.78, 5) is 43.5. The van der Waals surface area contributed by atoms with Crippen molar-refractivity contribution >= 4 is 33.4 Å². The highest BCUT2D eigenvalue weighted by Crippen LogP contribution is 2.46. The van der Waals surface area contributed by atoms with E-state index in [1.807, 2.05) is 6.07 Å². The van der Waals surface area contributed by atoms with Crippen molar-refractivity contribution in [2.45, 2.75) is 25.1 Å². The van der Waals surface area contributed by atoms with Crippen LogP contribution >= 0.6 is 0 Å². The van der Waals surface area contributed by atoms with Gasteiger partial charge in [0.15, 0.2) is 5.78 Å². The minimum absolute atomic E-state index is 0.0217. The number of amides is 4. The predicted octanol–water partition coefficient (Wildman–Crippen LogP) is 4.27. The number of ketones is 1. The molecule has 0 bridgehead atoms. The fourth-order valence-electron chi connectivity index (χ4n) is 4.59. The van der Waals surface area contributed by atoms with E-state index in [2.05, 4.69) is 0 Å². The Labute approximate surface area is 222 Å². The van der Waals surface area contributed by atoms with Crippen molar-refractivity contribution in [2.75, 3.05) is 30.5 Å². The molecule has 2 aliphatic rings. The summed E-state index contributed by atoms with van der Waals surface area (Å²) in [6.07, 6.45) is -3.68. The summed E-state index contributed by atoms with van der Waals surface area (Å²) in [5.41, 5.74) is -0.313. The maximum absolute atomic E-state index is 14.0. The van der Waals surface area contributed by atoms with Gasteiger partial charge in [0.1, 0.15) is 9.84 Å². The Kier molecular flexibility index (Phi) is 7.27. The second-order valence-electron chi connectivity index (χ2n) is 9.29. The monoisotopic (exact) mass is 560 g/mol. The summed E-state index contributed by atoms with van der Waals surface area (Å²) >= 11 is 0. The summed E-state index contributed by atoms with van der Waals surface area (Å²) in [5.74, 6) is -0.788. The van der Waals surface area contributed by atoms with Crippen LogP contribution in [0, 0.1) is 11.3 Å². The number of nitriles is 1. The average Bonchev–Trinajstić information content (AvgIpc) is 3.26. The number of anilines is 1. The first-order chi connectivity index (χ1) is 18.2. The molecule has 0 radical (unpaired) electrons. The van der Waals surface area contributed by atoms with Gasteiger partial charge in [0, 0.05) is 37.5 Å². The Hall–Kier alpha value is -4.18. The molecule has 4 rings (SSSR count). The van der Waals surface area contributed by atoms with Crippen molar-refractivity contribution in [3.63, 3.8) is 0 Å². The first-order valence-corrected chi connectivity index (χ1v) is 13.8. The highest BCUT2D eigenvalue weighted by molar-refractivity contribution is 7.90. The summed E-state index contributed by atoms with van der Waals surface area (Å²) in [6.45, 7) is -0.273. The largest absolute Gasteiger partial charge is 0.416 e. The number of sulfone groups is 1. The van der Waals surface area contributed by atoms with E-state index in [-0.39, 0.29) is 42.1 Å². The molecule has 13 heteroatoms. The number of nitrogens with zero attached hydrogens (tertiary/aromatic N) is 4. The van der Waals surface area contributed by atoms with Gasteiger partial charge in [-0.15, -0.1) is 0 Å². The number of hydrogen-bond donors (Lipinski definition) is 0. The smallest absolute Gasteiger partial charge is 0.326 e. The first-order valence-electron chi connectivity index (χ1n) is 11.7. The van der Waals surface area contributed by atoms with Crippen LogP contribution in [0.5, 0.6) is 0 Å². The van der Waals surface area contributed by atoms with E-state index in [1.165, 1.54) is 37.4 Å². The maximum atomic E-state index is 14.0. The zero-order chi connectivity index (χ0) is 28.7. The average molecular weight is 561 g/mol. The number of alkyl halides is 3. The van der Waals surface area contributed by atoms with Crippen molar-refractivity contribution in [1.82, 2.24) is 9.80 Å². The number of halogens is 3. The van der Waals surface area contributed by atoms with Gasteiger partial charge in [0.25, 0.3) is 0 Å². The number of hydrogen-bond acceptors (Lipinski definition) is 6. The van der Waals surface area contributed by atoms with Crippen molar-refractivity contribution in [2.24, 2.45) is 0 Å². The molecule has 1 aliphatic heterocycles. The van der Waals surface area contributed by atoms with Crippen LogP contribution in [0.1, 0.15) is 35.6 Å². The van der Waals surface area contributed by atoms with E-state index in [0.29, 0.717) is 11.1 Å². The molecule has 1 aliphatic carbocycles. The topological polar surface area (TPSA) is 119 Å². The van der Waals surface area contributed by atoms with Crippen LogP contribution in [0.25, 0.3) is 0 Å². The molecular weight excluding hydrogens is 537 g/mol. The van der Waals surface area contributed by atoms with E-state index >= 15 is 0 Å². The van der Waals surface area contributed by atoms with Crippen LogP contribution in [-0.4, -0.2) is 61.7 Å². The van der Waals surface area contributed by atoms with Crippen LogP contribution in [-0.2, 0) is 20.8 Å². The normalized spacial score (nSPS) is 17.8. The third kappa shape index (κ3) is 5.51. The van der Waals surface area contributed by atoms with Gasteiger partial charge in [-0.2, -0.15) is 18.4 Å². The Balaban J connectivity index is 1.90. The minimum Gasteiger partial charge on any atom is -0.326 e. The highest BCUT2D eigenvalue weighted by Gasteiger charge is 2.49. The third-order valence-electron chi connectivity index (χ3n) is 6.52. The Morgan fingerprint density at radius 3 is 2.38 bits per heavy atom. The summed E-state index contributed by atoms with van der Waals surface area (Å²) in [7, 11) is -2.19. The number of imide groups is 1. The summed E-state index contributed by atoms with van der Waals surface area (Å²) in [5, 5.41) is 9.18. The molecule has 1 atom stereocenters. The zero-order valence-electron chi connectivity index (χ0n) is 20.9. The number of benzene rings is 2. The lowest BCUT2D eigenvalue weighted by Crippen LogP contribution is -2.56. The second-order valence-corrected chi connectivity index (χ2v) is 11.5. The van der Waals surface area contributed by atoms with Crippen molar-refractivity contribution in [3.8, 4) is 6.07 Å². The third-order valence-corrected chi connectivity index (χ3v) is 7.44. The van der Waals surface area contributed by atoms with Gasteiger partial charge in [-0.05, 0) is 42.3 Å². The molecule has 0 saturated heterocycles. The molecule has 0 saturated carbocycles. The van der Waals surface area contributed by atoms with Crippen molar-refractivity contribution in [1.29, 1.82) is 5.26 Å². The Morgan fingerprint density at radius 1 is 1.13 bits per heavy atom. The van der Waals surface area contributed by atoms with Crippen LogP contribution in [0.4, 0.5) is 28.4 Å². The van der Waals surface area contributed by atoms with Gasteiger partial charge < -0.3 is 4.90 Å². The lowest BCUT2D eigenvalue weighted by molar-refractivity contribution is -0.137. The molecule has 39 heavy (non-hydrogen) atoms. The SMILES string of the molecule is CN(CCS(C)(=O)=O)C(=O)N1C(=O)N(c2cccc(C(F)(F)F)c2)C2=C(C(=O)CC2)C1c1ccc(C#N)cc1. The number of carbonyl (C=O) groups excluding carboxylic acids is 3. The van der Waals surface area contributed by atoms with Gasteiger partial charge in [0.2, 0.25) is 0 Å². The second kappa shape index (κ2) is 10.2. The summed E-state index contributed by atoms with van der Waals surface area (Å²) < 4.78 is 63.8. The van der Waals surface area contributed by atoms with Crippen molar-refractivity contribution in [3.05, 3.63) is 76.5 Å². The zero-order valence-corrected chi connectivity index (χ0v) is 21.7. The van der Waals surface area contributed by atoms with Crippen molar-refractivity contribution < 1.29 is 36.0 Å². The predicted molar refractivity (Wildman–Crippen MR) is 134 cm³/mol. The van der Waals surface area contributed by atoms with Crippen LogP contribution in [0.3, 0.4) is 0 Å². The Morgan fingerprint density at radius 2 is 1.79 bits per heavy atom. The number of allylic oxidation sites excluding steroid dienone is 1. The molecular formula is C26H23F3N4O5S. The fraction of sp³-hybridized carbons (Fsp3) is 0.308. The van der Waals surface area contributed by atoms with E-state index < -0.39 is 45.4 Å². The molecule has 0 spiro atoms. The molecule has 204 valence electrons. The molecule has 2 aromatic rings. The van der Waals surface area contributed by atoms with E-state index in [4.69, 9.17) is 0 Å². The minimum atomic E-state index is -4.70.